The zero-order valence-corrected chi connectivity index (χ0v) is 12.8. The summed E-state index contributed by atoms with van der Waals surface area (Å²) in [5.74, 6) is -1.02. The number of aliphatic hydroxyl groups excluding tert-OH is 1. The van der Waals surface area contributed by atoms with Gasteiger partial charge in [0.05, 0.1) is 6.10 Å². The Hall–Kier alpha value is -1.60. The summed E-state index contributed by atoms with van der Waals surface area (Å²) in [5, 5.41) is 11.8. The van der Waals surface area contributed by atoms with Gasteiger partial charge < -0.3 is 10.4 Å². The van der Waals surface area contributed by atoms with Crippen molar-refractivity contribution in [3.05, 3.63) is 35.4 Å². The molecule has 1 fully saturated rings. The first-order valence-electron chi connectivity index (χ1n) is 7.64. The minimum atomic E-state index is -4.49. The molecule has 0 unspecified atom stereocenters. The number of carbonyl (C=O) groups is 1. The highest BCUT2D eigenvalue weighted by atomic mass is 19.4. The van der Waals surface area contributed by atoms with Crippen molar-refractivity contribution in [2.45, 2.75) is 44.6 Å². The molecule has 2 rings (SSSR count). The number of rotatable bonds is 5. The fraction of sp³-hybridized carbons (Fsp3) is 0.562. The first-order chi connectivity index (χ1) is 10.8. The fourth-order valence-electron chi connectivity index (χ4n) is 2.64. The van der Waals surface area contributed by atoms with E-state index in [2.05, 4.69) is 10.2 Å². The number of hydrogen-bond donors (Lipinski definition) is 2. The molecule has 0 bridgehead atoms. The molecule has 1 aliphatic rings. The van der Waals surface area contributed by atoms with Crippen LogP contribution in [0.25, 0.3) is 0 Å². The first-order valence-corrected chi connectivity index (χ1v) is 7.64. The zero-order valence-electron chi connectivity index (χ0n) is 12.8. The summed E-state index contributed by atoms with van der Waals surface area (Å²) in [7, 11) is 0. The van der Waals surface area contributed by atoms with Crippen LogP contribution in [0.2, 0.25) is 0 Å². The summed E-state index contributed by atoms with van der Waals surface area (Å²) in [6, 6.07) is 7.39. The van der Waals surface area contributed by atoms with Crippen molar-refractivity contribution in [2.24, 2.45) is 0 Å². The minimum absolute atomic E-state index is 0.0849. The molecule has 1 aromatic carbocycles. The Labute approximate surface area is 133 Å². The van der Waals surface area contributed by atoms with E-state index in [4.69, 9.17) is 0 Å². The van der Waals surface area contributed by atoms with E-state index in [1.54, 1.807) is 6.07 Å². The minimum Gasteiger partial charge on any atom is -0.393 e. The molecule has 0 aliphatic carbocycles. The number of nitrogens with zero attached hydrogens (tertiary/aromatic N) is 1. The number of amides is 1. The van der Waals surface area contributed by atoms with Crippen molar-refractivity contribution in [1.29, 1.82) is 0 Å². The van der Waals surface area contributed by atoms with E-state index in [1.807, 2.05) is 18.2 Å². The van der Waals surface area contributed by atoms with Gasteiger partial charge in [-0.25, -0.2) is 0 Å². The quantitative estimate of drug-likeness (QED) is 0.870. The van der Waals surface area contributed by atoms with E-state index in [0.29, 0.717) is 6.54 Å². The molecule has 0 saturated carbocycles. The zero-order chi connectivity index (χ0) is 16.9. The monoisotopic (exact) mass is 330 g/mol. The van der Waals surface area contributed by atoms with Gasteiger partial charge in [0, 0.05) is 26.2 Å². The van der Waals surface area contributed by atoms with Gasteiger partial charge in [0.2, 0.25) is 5.91 Å². The number of alkyl halides is 3. The Bertz CT molecular complexity index is 526. The fourth-order valence-corrected chi connectivity index (χ4v) is 2.64. The Morgan fingerprint density at radius 3 is 2.43 bits per heavy atom. The summed E-state index contributed by atoms with van der Waals surface area (Å²) >= 11 is 0. The van der Waals surface area contributed by atoms with Crippen LogP contribution in [0.3, 0.4) is 0 Å². The summed E-state index contributed by atoms with van der Waals surface area (Å²) < 4.78 is 36.5. The lowest BCUT2D eigenvalue weighted by atomic mass is 10.0. The number of carbonyl (C=O) groups excluding carboxylic acids is 1. The maximum absolute atomic E-state index is 12.2. The average Bonchev–Trinajstić information content (AvgIpc) is 2.47. The predicted molar refractivity (Wildman–Crippen MR) is 79.5 cm³/mol. The van der Waals surface area contributed by atoms with Crippen LogP contribution in [0.4, 0.5) is 13.2 Å². The normalized spacial score (nSPS) is 17.2. The molecule has 2 N–H and O–H groups in total. The standard InChI is InChI=1S/C16H21F3N2O2/c17-16(18,19)9-15(23)20-10-12-3-1-2-4-13(12)11-21-7-5-14(22)6-8-21/h1-4,14,22H,5-11H2,(H,20,23). The van der Waals surface area contributed by atoms with E-state index in [1.165, 1.54) is 0 Å². The number of benzene rings is 1. The van der Waals surface area contributed by atoms with Gasteiger partial charge in [-0.05, 0) is 24.0 Å². The van der Waals surface area contributed by atoms with E-state index in [9.17, 15) is 23.1 Å². The summed E-state index contributed by atoms with van der Waals surface area (Å²) in [5.41, 5.74) is 1.80. The van der Waals surface area contributed by atoms with Gasteiger partial charge in [-0.15, -0.1) is 0 Å². The van der Waals surface area contributed by atoms with Gasteiger partial charge in [-0.3, -0.25) is 9.69 Å². The Morgan fingerprint density at radius 2 is 1.83 bits per heavy atom. The van der Waals surface area contributed by atoms with Crippen LogP contribution in [-0.2, 0) is 17.9 Å². The van der Waals surface area contributed by atoms with Crippen molar-refractivity contribution in [3.63, 3.8) is 0 Å². The van der Waals surface area contributed by atoms with Crippen LogP contribution in [0.5, 0.6) is 0 Å². The molecule has 1 heterocycles. The van der Waals surface area contributed by atoms with Gasteiger partial charge in [0.1, 0.15) is 6.42 Å². The van der Waals surface area contributed by atoms with Crippen LogP contribution in [-0.4, -0.2) is 41.3 Å². The molecule has 0 radical (unpaired) electrons. The topological polar surface area (TPSA) is 52.6 Å². The van der Waals surface area contributed by atoms with Crippen molar-refractivity contribution in [2.75, 3.05) is 13.1 Å². The maximum Gasteiger partial charge on any atom is 0.397 e. The highest BCUT2D eigenvalue weighted by Crippen LogP contribution is 2.20. The Morgan fingerprint density at radius 1 is 1.22 bits per heavy atom. The van der Waals surface area contributed by atoms with Gasteiger partial charge in [-0.1, -0.05) is 24.3 Å². The molecule has 1 aromatic rings. The van der Waals surface area contributed by atoms with Crippen LogP contribution >= 0.6 is 0 Å². The molecular weight excluding hydrogens is 309 g/mol. The van der Waals surface area contributed by atoms with Crippen LogP contribution < -0.4 is 5.32 Å². The molecule has 0 atom stereocenters. The summed E-state index contributed by atoms with van der Waals surface area (Å²) in [6.07, 6.45) is -4.74. The van der Waals surface area contributed by atoms with Crippen LogP contribution in [0.15, 0.2) is 24.3 Å². The summed E-state index contributed by atoms with van der Waals surface area (Å²) in [4.78, 5) is 13.5. The third kappa shape index (κ3) is 6.19. The SMILES string of the molecule is O=C(CC(F)(F)F)NCc1ccccc1CN1CCC(O)CC1. The molecule has 4 nitrogen and oxygen atoms in total. The molecule has 7 heteroatoms. The second-order valence-corrected chi connectivity index (χ2v) is 5.84. The lowest BCUT2D eigenvalue weighted by Crippen LogP contribution is -2.35. The number of nitrogens with one attached hydrogen (secondary N) is 1. The smallest absolute Gasteiger partial charge is 0.393 e. The Balaban J connectivity index is 1.91. The highest BCUT2D eigenvalue weighted by molar-refractivity contribution is 5.76. The predicted octanol–water partition coefficient (Wildman–Crippen LogP) is 2.21. The molecule has 1 amide bonds. The second-order valence-electron chi connectivity index (χ2n) is 5.84. The van der Waals surface area contributed by atoms with Crippen molar-refractivity contribution in [1.82, 2.24) is 10.2 Å². The van der Waals surface area contributed by atoms with Crippen LogP contribution in [0, 0.1) is 0 Å². The molecule has 1 saturated heterocycles. The van der Waals surface area contributed by atoms with E-state index < -0.39 is 18.5 Å². The van der Waals surface area contributed by atoms with E-state index >= 15 is 0 Å². The third-order valence-corrected chi connectivity index (χ3v) is 3.91. The van der Waals surface area contributed by atoms with Gasteiger partial charge in [0.25, 0.3) is 0 Å². The summed E-state index contributed by atoms with van der Waals surface area (Å²) in [6.45, 7) is 2.32. The number of halogens is 3. The Kier molecular flexibility index (Phi) is 6.01. The lowest BCUT2D eigenvalue weighted by molar-refractivity contribution is -0.153. The lowest BCUT2D eigenvalue weighted by Gasteiger charge is -2.30. The van der Waals surface area contributed by atoms with Crippen molar-refractivity contribution in [3.8, 4) is 0 Å². The molecule has 1 aliphatic heterocycles. The third-order valence-electron chi connectivity index (χ3n) is 3.91. The van der Waals surface area contributed by atoms with Gasteiger partial charge in [0.15, 0.2) is 0 Å². The van der Waals surface area contributed by atoms with Crippen LogP contribution in [0.1, 0.15) is 30.4 Å². The van der Waals surface area contributed by atoms with Crippen molar-refractivity contribution < 1.29 is 23.1 Å². The number of piperidine rings is 1. The van der Waals surface area contributed by atoms with Crippen molar-refractivity contribution >= 4 is 5.91 Å². The van der Waals surface area contributed by atoms with E-state index in [0.717, 1.165) is 37.1 Å². The second kappa shape index (κ2) is 7.79. The first kappa shape index (κ1) is 17.7. The molecule has 128 valence electrons. The maximum atomic E-state index is 12.2. The number of hydrogen-bond acceptors (Lipinski definition) is 3. The molecular formula is C16H21F3N2O2. The van der Waals surface area contributed by atoms with Gasteiger partial charge >= 0.3 is 6.18 Å². The number of aliphatic hydroxyl groups is 1. The molecule has 23 heavy (non-hydrogen) atoms. The molecule has 0 spiro atoms. The average molecular weight is 330 g/mol. The highest BCUT2D eigenvalue weighted by Gasteiger charge is 2.31. The van der Waals surface area contributed by atoms with E-state index in [-0.39, 0.29) is 12.6 Å². The number of likely N-dealkylation sites (tertiary alicyclic amines) is 1. The molecule has 0 aromatic heterocycles. The largest absolute Gasteiger partial charge is 0.397 e. The van der Waals surface area contributed by atoms with Gasteiger partial charge in [-0.2, -0.15) is 13.2 Å².